The van der Waals surface area contributed by atoms with Gasteiger partial charge in [-0.1, -0.05) is 5.16 Å². The number of nitrogen functional groups attached to an aromatic ring is 1. The van der Waals surface area contributed by atoms with Crippen LogP contribution in [-0.2, 0) is 9.63 Å². The van der Waals surface area contributed by atoms with Crippen LogP contribution in [0.25, 0.3) is 0 Å². The first-order valence-electron chi connectivity index (χ1n) is 3.56. The molecule has 0 saturated carbocycles. The molecule has 2 N–H and O–H groups in total. The number of rotatable bonds is 3. The second kappa shape index (κ2) is 4.20. The van der Waals surface area contributed by atoms with E-state index in [2.05, 4.69) is 15.0 Å². The van der Waals surface area contributed by atoms with Gasteiger partial charge in [-0.3, -0.25) is 4.79 Å². The maximum absolute atomic E-state index is 10.5. The summed E-state index contributed by atoms with van der Waals surface area (Å²) in [4.78, 5) is 18.8. The molecule has 5 nitrogen and oxygen atoms in total. The second-order valence-corrected chi connectivity index (χ2v) is 2.25. The van der Waals surface area contributed by atoms with E-state index >= 15 is 0 Å². The van der Waals surface area contributed by atoms with Crippen molar-refractivity contribution in [1.29, 1.82) is 0 Å². The first-order valence-corrected chi connectivity index (χ1v) is 3.56. The fourth-order valence-electron chi connectivity index (χ4n) is 0.797. The lowest BCUT2D eigenvalue weighted by atomic mass is 10.2. The molecule has 0 saturated heterocycles. The Bertz CT molecular complexity index is 319. The summed E-state index contributed by atoms with van der Waals surface area (Å²) in [6, 6.07) is 3.23. The number of hydrogen-bond donors (Lipinski definition) is 1. The highest BCUT2D eigenvalue weighted by Gasteiger charge is 2.02. The van der Waals surface area contributed by atoms with Gasteiger partial charge in [0.2, 0.25) is 0 Å². The minimum Gasteiger partial charge on any atom is -0.399 e. The Balaban J connectivity index is 2.99. The van der Waals surface area contributed by atoms with Crippen LogP contribution in [0.1, 0.15) is 5.56 Å². The summed E-state index contributed by atoms with van der Waals surface area (Å²) in [5.74, 6) is 0.395. The van der Waals surface area contributed by atoms with Crippen molar-refractivity contribution in [1.82, 2.24) is 4.98 Å². The molecule has 0 radical (unpaired) electrons. The normalized spacial score (nSPS) is 11.0. The maximum atomic E-state index is 10.5. The third-order valence-corrected chi connectivity index (χ3v) is 1.38. The molecule has 0 atom stereocenters. The molecule has 0 aliphatic carbocycles. The van der Waals surface area contributed by atoms with Gasteiger partial charge in [0.1, 0.15) is 12.9 Å². The van der Waals surface area contributed by atoms with E-state index < -0.39 is 0 Å². The molecule has 5 heteroatoms. The summed E-state index contributed by atoms with van der Waals surface area (Å²) in [5.41, 5.74) is 6.14. The number of aldehydes is 1. The number of pyridine rings is 1. The Hall–Kier alpha value is -1.91. The number of carbonyl (C=O) groups excluding carboxylic acids is 1. The van der Waals surface area contributed by atoms with Crippen molar-refractivity contribution in [3.8, 4) is 0 Å². The van der Waals surface area contributed by atoms with Crippen LogP contribution in [0.2, 0.25) is 0 Å². The predicted octanol–water partition coefficient (Wildman–Crippen LogP) is 0.213. The Morgan fingerprint density at radius 2 is 2.46 bits per heavy atom. The minimum absolute atomic E-state index is 0.190. The van der Waals surface area contributed by atoms with E-state index in [-0.39, 0.29) is 5.71 Å². The van der Waals surface area contributed by atoms with Crippen LogP contribution in [0.15, 0.2) is 23.5 Å². The third kappa shape index (κ3) is 2.26. The van der Waals surface area contributed by atoms with E-state index in [4.69, 9.17) is 5.73 Å². The van der Waals surface area contributed by atoms with Gasteiger partial charge in [-0.05, 0) is 12.1 Å². The summed E-state index contributed by atoms with van der Waals surface area (Å²) in [6.07, 6.45) is 2.05. The van der Waals surface area contributed by atoms with Crippen LogP contribution in [0.3, 0.4) is 0 Å². The molecule has 0 bridgehead atoms. The highest BCUT2D eigenvalue weighted by Crippen LogP contribution is 2.02. The molecule has 0 aromatic carbocycles. The third-order valence-electron chi connectivity index (χ3n) is 1.38. The summed E-state index contributed by atoms with van der Waals surface area (Å²) in [5, 5.41) is 3.51. The standard InChI is InChI=1S/C8H9N3O2/c1-13-11-7(5-12)6-2-3-8(9)10-4-6/h2-5H,1H3,(H2,9,10). The molecule has 0 unspecified atom stereocenters. The van der Waals surface area contributed by atoms with Gasteiger partial charge in [0.05, 0.1) is 0 Å². The maximum Gasteiger partial charge on any atom is 0.172 e. The number of nitrogens with zero attached hydrogens (tertiary/aromatic N) is 2. The lowest BCUT2D eigenvalue weighted by molar-refractivity contribution is -0.102. The lowest BCUT2D eigenvalue weighted by Gasteiger charge is -1.97. The van der Waals surface area contributed by atoms with Crippen molar-refractivity contribution in [2.75, 3.05) is 12.8 Å². The van der Waals surface area contributed by atoms with E-state index in [9.17, 15) is 4.79 Å². The quantitative estimate of drug-likeness (QED) is 0.409. The molecular weight excluding hydrogens is 170 g/mol. The zero-order valence-electron chi connectivity index (χ0n) is 7.10. The number of hydrogen-bond acceptors (Lipinski definition) is 5. The SMILES string of the molecule is CON=C(C=O)c1ccc(N)nc1. The average molecular weight is 179 g/mol. The number of aromatic nitrogens is 1. The molecular formula is C8H9N3O2. The fraction of sp³-hybridized carbons (Fsp3) is 0.125. The minimum atomic E-state index is 0.190. The largest absolute Gasteiger partial charge is 0.399 e. The Kier molecular flexibility index (Phi) is 2.97. The second-order valence-electron chi connectivity index (χ2n) is 2.25. The Labute approximate surface area is 75.2 Å². The van der Waals surface area contributed by atoms with E-state index in [1.54, 1.807) is 12.1 Å². The average Bonchev–Trinajstić information content (AvgIpc) is 2.16. The molecule has 1 aromatic heterocycles. The smallest absolute Gasteiger partial charge is 0.172 e. The summed E-state index contributed by atoms with van der Waals surface area (Å²) in [7, 11) is 1.37. The van der Waals surface area contributed by atoms with Gasteiger partial charge in [-0.2, -0.15) is 0 Å². The molecule has 68 valence electrons. The predicted molar refractivity (Wildman–Crippen MR) is 48.3 cm³/mol. The highest BCUT2D eigenvalue weighted by molar-refractivity contribution is 6.36. The van der Waals surface area contributed by atoms with Crippen LogP contribution in [0.4, 0.5) is 5.82 Å². The summed E-state index contributed by atoms with van der Waals surface area (Å²) >= 11 is 0. The molecule has 0 aliphatic rings. The summed E-state index contributed by atoms with van der Waals surface area (Å²) in [6.45, 7) is 0. The van der Waals surface area contributed by atoms with Crippen LogP contribution in [0.5, 0.6) is 0 Å². The molecule has 0 fully saturated rings. The van der Waals surface area contributed by atoms with Crippen LogP contribution in [-0.4, -0.2) is 24.1 Å². The molecule has 1 heterocycles. The van der Waals surface area contributed by atoms with Crippen LogP contribution in [0, 0.1) is 0 Å². The zero-order chi connectivity index (χ0) is 9.68. The lowest BCUT2D eigenvalue weighted by Crippen LogP contribution is -2.04. The number of nitrogens with two attached hydrogens (primary N) is 1. The topological polar surface area (TPSA) is 77.6 Å². The van der Waals surface area contributed by atoms with Crippen molar-refractivity contribution < 1.29 is 9.63 Å². The van der Waals surface area contributed by atoms with E-state index in [0.29, 0.717) is 17.7 Å². The van der Waals surface area contributed by atoms with Crippen LogP contribution < -0.4 is 5.73 Å². The monoisotopic (exact) mass is 179 g/mol. The molecule has 13 heavy (non-hydrogen) atoms. The van der Waals surface area contributed by atoms with E-state index in [1.807, 2.05) is 0 Å². The molecule has 0 spiro atoms. The van der Waals surface area contributed by atoms with Crippen molar-refractivity contribution in [3.63, 3.8) is 0 Å². The van der Waals surface area contributed by atoms with Crippen molar-refractivity contribution >= 4 is 17.8 Å². The van der Waals surface area contributed by atoms with Gasteiger partial charge in [-0.25, -0.2) is 4.98 Å². The number of anilines is 1. The molecule has 0 amide bonds. The molecule has 1 rings (SSSR count). The van der Waals surface area contributed by atoms with Gasteiger partial charge in [-0.15, -0.1) is 0 Å². The van der Waals surface area contributed by atoms with Gasteiger partial charge in [0.25, 0.3) is 0 Å². The first-order chi connectivity index (χ1) is 6.27. The fourth-order valence-corrected chi connectivity index (χ4v) is 0.797. The van der Waals surface area contributed by atoms with E-state index in [0.717, 1.165) is 0 Å². The van der Waals surface area contributed by atoms with Gasteiger partial charge in [0.15, 0.2) is 12.0 Å². The Morgan fingerprint density at radius 1 is 1.69 bits per heavy atom. The zero-order valence-corrected chi connectivity index (χ0v) is 7.10. The Morgan fingerprint density at radius 3 is 2.92 bits per heavy atom. The van der Waals surface area contributed by atoms with Crippen molar-refractivity contribution in [3.05, 3.63) is 23.9 Å². The molecule has 1 aromatic rings. The number of carbonyl (C=O) groups is 1. The van der Waals surface area contributed by atoms with Crippen LogP contribution >= 0.6 is 0 Å². The number of oxime groups is 1. The first kappa shape index (κ1) is 9.18. The van der Waals surface area contributed by atoms with Crippen molar-refractivity contribution in [2.45, 2.75) is 0 Å². The van der Waals surface area contributed by atoms with Gasteiger partial charge in [0, 0.05) is 11.8 Å². The van der Waals surface area contributed by atoms with Gasteiger partial charge >= 0.3 is 0 Å². The highest BCUT2D eigenvalue weighted by atomic mass is 16.6. The summed E-state index contributed by atoms with van der Waals surface area (Å²) < 4.78 is 0. The molecule has 0 aliphatic heterocycles. The van der Waals surface area contributed by atoms with E-state index in [1.165, 1.54) is 13.3 Å². The van der Waals surface area contributed by atoms with Gasteiger partial charge < -0.3 is 10.6 Å². The van der Waals surface area contributed by atoms with Crippen molar-refractivity contribution in [2.24, 2.45) is 5.16 Å².